The van der Waals surface area contributed by atoms with Crippen molar-refractivity contribution in [1.29, 1.82) is 0 Å². The van der Waals surface area contributed by atoms with E-state index < -0.39 is 22.0 Å². The third-order valence-corrected chi connectivity index (χ3v) is 4.57. The summed E-state index contributed by atoms with van der Waals surface area (Å²) in [6.07, 6.45) is 1.20. The number of pyridine rings is 1. The second-order valence-electron chi connectivity index (χ2n) is 3.57. The molecule has 0 bridgehead atoms. The van der Waals surface area contributed by atoms with E-state index in [1.807, 2.05) is 0 Å². The molecule has 1 rings (SSSR count). The number of halogens is 1. The van der Waals surface area contributed by atoms with Gasteiger partial charge in [0.05, 0.1) is 5.02 Å². The lowest BCUT2D eigenvalue weighted by atomic mass is 10.4. The number of hydrogen-bond donors (Lipinski definition) is 2. The number of likely N-dealkylation sites (N-methyl/N-ethyl adjacent to an activating group) is 1. The fourth-order valence-corrected chi connectivity index (χ4v) is 2.79. The van der Waals surface area contributed by atoms with Gasteiger partial charge in [-0.2, -0.15) is 4.31 Å². The number of sulfonamides is 1. The van der Waals surface area contributed by atoms with Crippen LogP contribution in [0.2, 0.25) is 5.02 Å². The predicted molar refractivity (Wildman–Crippen MR) is 65.7 cm³/mol. The number of nitrogens with zero attached hydrogens (tertiary/aromatic N) is 2. The zero-order valence-electron chi connectivity index (χ0n) is 9.66. The number of carbonyl (C=O) groups is 1. The van der Waals surface area contributed by atoms with Gasteiger partial charge in [0.2, 0.25) is 10.0 Å². The summed E-state index contributed by atoms with van der Waals surface area (Å²) in [7, 11) is -2.91. The van der Waals surface area contributed by atoms with E-state index in [0.29, 0.717) is 4.31 Å². The van der Waals surface area contributed by atoms with Crippen LogP contribution >= 0.6 is 11.6 Å². The Morgan fingerprint density at radius 3 is 2.67 bits per heavy atom. The molecular weight excluding hydrogens is 282 g/mol. The zero-order chi connectivity index (χ0) is 14.1. The van der Waals surface area contributed by atoms with Gasteiger partial charge in [0, 0.05) is 13.2 Å². The molecule has 1 aromatic heterocycles. The number of aliphatic carboxylic acids is 1. The summed E-state index contributed by atoms with van der Waals surface area (Å²) in [5.74, 6) is -1.50. The Labute approximate surface area is 109 Å². The van der Waals surface area contributed by atoms with Crippen LogP contribution in [0.4, 0.5) is 5.82 Å². The molecule has 0 saturated carbocycles. The van der Waals surface area contributed by atoms with Crippen molar-refractivity contribution in [1.82, 2.24) is 9.29 Å². The van der Waals surface area contributed by atoms with Crippen molar-refractivity contribution in [3.05, 3.63) is 17.3 Å². The first-order valence-corrected chi connectivity index (χ1v) is 6.61. The molecule has 0 radical (unpaired) electrons. The molecule has 0 aliphatic carbocycles. The lowest BCUT2D eigenvalue weighted by molar-refractivity contribution is -0.140. The van der Waals surface area contributed by atoms with Crippen molar-refractivity contribution >= 4 is 33.4 Å². The van der Waals surface area contributed by atoms with Crippen LogP contribution in [0.15, 0.2) is 17.2 Å². The summed E-state index contributed by atoms with van der Waals surface area (Å²) >= 11 is 5.65. The Bertz CT molecular complexity index is 575. The molecule has 0 aromatic carbocycles. The summed E-state index contributed by atoms with van der Waals surface area (Å²) < 4.78 is 25.0. The number of anilines is 1. The topological polar surface area (TPSA) is 114 Å². The van der Waals surface area contributed by atoms with Gasteiger partial charge >= 0.3 is 5.97 Å². The molecule has 3 N–H and O–H groups in total. The SMILES string of the molecule is CC(C(=O)O)N(C)S(=O)(=O)c1cc(Cl)cnc1N. The summed E-state index contributed by atoms with van der Waals surface area (Å²) in [6, 6.07) is -0.0991. The van der Waals surface area contributed by atoms with Gasteiger partial charge in [-0.3, -0.25) is 4.79 Å². The minimum atomic E-state index is -4.06. The second-order valence-corrected chi connectivity index (χ2v) is 5.97. The van der Waals surface area contributed by atoms with Crippen LogP contribution in [0.5, 0.6) is 0 Å². The molecule has 0 amide bonds. The van der Waals surface area contributed by atoms with Gasteiger partial charge < -0.3 is 10.8 Å². The van der Waals surface area contributed by atoms with E-state index in [2.05, 4.69) is 4.98 Å². The summed E-state index contributed by atoms with van der Waals surface area (Å²) in [4.78, 5) is 14.1. The maximum absolute atomic E-state index is 12.1. The molecule has 1 heterocycles. The maximum Gasteiger partial charge on any atom is 0.321 e. The monoisotopic (exact) mass is 293 g/mol. The Kier molecular flexibility index (Phi) is 4.15. The quantitative estimate of drug-likeness (QED) is 0.831. The van der Waals surface area contributed by atoms with Crippen molar-refractivity contribution in [3.63, 3.8) is 0 Å². The van der Waals surface area contributed by atoms with E-state index in [-0.39, 0.29) is 15.7 Å². The summed E-state index contributed by atoms with van der Waals surface area (Å²) in [5.41, 5.74) is 5.47. The average Bonchev–Trinajstić information content (AvgIpc) is 2.29. The van der Waals surface area contributed by atoms with E-state index in [0.717, 1.165) is 13.1 Å². The van der Waals surface area contributed by atoms with Crippen molar-refractivity contribution in [3.8, 4) is 0 Å². The van der Waals surface area contributed by atoms with E-state index in [4.69, 9.17) is 22.4 Å². The van der Waals surface area contributed by atoms with Crippen molar-refractivity contribution in [2.24, 2.45) is 0 Å². The van der Waals surface area contributed by atoms with Gasteiger partial charge in [-0.15, -0.1) is 0 Å². The number of rotatable bonds is 4. The molecule has 100 valence electrons. The molecule has 18 heavy (non-hydrogen) atoms. The Balaban J connectivity index is 3.29. The third kappa shape index (κ3) is 2.71. The summed E-state index contributed by atoms with van der Waals surface area (Å²) in [5, 5.41) is 8.90. The average molecular weight is 294 g/mol. The molecular formula is C9H12ClN3O4S. The van der Waals surface area contributed by atoms with Crippen LogP contribution < -0.4 is 5.73 Å². The highest BCUT2D eigenvalue weighted by Crippen LogP contribution is 2.24. The highest BCUT2D eigenvalue weighted by Gasteiger charge is 2.31. The van der Waals surface area contributed by atoms with Gasteiger partial charge in [-0.1, -0.05) is 11.6 Å². The molecule has 0 aliphatic heterocycles. The molecule has 7 nitrogen and oxygen atoms in total. The Hall–Kier alpha value is -1.38. The highest BCUT2D eigenvalue weighted by molar-refractivity contribution is 7.89. The van der Waals surface area contributed by atoms with Crippen LogP contribution in [0.1, 0.15) is 6.92 Å². The van der Waals surface area contributed by atoms with E-state index in [1.54, 1.807) is 0 Å². The first-order valence-electron chi connectivity index (χ1n) is 4.79. The Morgan fingerprint density at radius 2 is 2.17 bits per heavy atom. The molecule has 1 aromatic rings. The maximum atomic E-state index is 12.1. The summed E-state index contributed by atoms with van der Waals surface area (Å²) in [6.45, 7) is 1.24. The van der Waals surface area contributed by atoms with Gasteiger partial charge in [-0.05, 0) is 13.0 Å². The van der Waals surface area contributed by atoms with Crippen LogP contribution in [-0.2, 0) is 14.8 Å². The van der Waals surface area contributed by atoms with E-state index >= 15 is 0 Å². The third-order valence-electron chi connectivity index (χ3n) is 2.41. The van der Waals surface area contributed by atoms with E-state index in [1.165, 1.54) is 13.1 Å². The fraction of sp³-hybridized carbons (Fsp3) is 0.333. The van der Waals surface area contributed by atoms with Crippen molar-refractivity contribution < 1.29 is 18.3 Å². The molecule has 0 spiro atoms. The minimum Gasteiger partial charge on any atom is -0.480 e. The number of hydrogen-bond acceptors (Lipinski definition) is 5. The van der Waals surface area contributed by atoms with Crippen LogP contribution in [0.3, 0.4) is 0 Å². The molecule has 0 aliphatic rings. The number of aromatic nitrogens is 1. The van der Waals surface area contributed by atoms with Crippen LogP contribution in [0, 0.1) is 0 Å². The second kappa shape index (κ2) is 5.09. The fourth-order valence-electron chi connectivity index (χ4n) is 1.16. The molecule has 1 atom stereocenters. The van der Waals surface area contributed by atoms with Gasteiger partial charge in [0.25, 0.3) is 0 Å². The first kappa shape index (κ1) is 14.7. The molecule has 0 saturated heterocycles. The van der Waals surface area contributed by atoms with Crippen molar-refractivity contribution in [2.75, 3.05) is 12.8 Å². The van der Waals surface area contributed by atoms with Crippen LogP contribution in [-0.4, -0.2) is 41.9 Å². The van der Waals surface area contributed by atoms with E-state index in [9.17, 15) is 13.2 Å². The number of carboxylic acids is 1. The number of nitrogens with two attached hydrogens (primary N) is 1. The van der Waals surface area contributed by atoms with Gasteiger partial charge in [-0.25, -0.2) is 13.4 Å². The molecule has 0 fully saturated rings. The van der Waals surface area contributed by atoms with Gasteiger partial charge in [0.1, 0.15) is 16.8 Å². The number of nitrogen functional groups attached to an aromatic ring is 1. The Morgan fingerprint density at radius 1 is 1.61 bits per heavy atom. The van der Waals surface area contributed by atoms with Crippen LogP contribution in [0.25, 0.3) is 0 Å². The highest BCUT2D eigenvalue weighted by atomic mass is 35.5. The zero-order valence-corrected chi connectivity index (χ0v) is 11.2. The standard InChI is InChI=1S/C9H12ClN3O4S/c1-5(9(14)15)13(2)18(16,17)7-3-6(10)4-12-8(7)11/h3-5H,1-2H3,(H2,11,12)(H,14,15). The van der Waals surface area contributed by atoms with Gasteiger partial charge in [0.15, 0.2) is 0 Å². The smallest absolute Gasteiger partial charge is 0.321 e. The lowest BCUT2D eigenvalue weighted by Crippen LogP contribution is -2.40. The lowest BCUT2D eigenvalue weighted by Gasteiger charge is -2.21. The normalized spacial score (nSPS) is 13.6. The molecule has 9 heteroatoms. The van der Waals surface area contributed by atoms with Crippen molar-refractivity contribution in [2.45, 2.75) is 17.9 Å². The minimum absolute atomic E-state index is 0.0964. The largest absolute Gasteiger partial charge is 0.480 e. The number of carboxylic acid groups (broad SMARTS) is 1. The first-order chi connectivity index (χ1) is 8.17. The molecule has 1 unspecified atom stereocenters. The predicted octanol–water partition coefficient (Wildman–Crippen LogP) is 0.411.